The van der Waals surface area contributed by atoms with Crippen molar-refractivity contribution >= 4 is 5.82 Å². The minimum absolute atomic E-state index is 0.0614. The third kappa shape index (κ3) is 3.31. The molecule has 0 aliphatic carbocycles. The number of aliphatic hydroxyl groups is 2. The standard InChI is InChI=1S/C16H19N3O5/c20-9-12-7-13(21)15(24-12)19-8-11(14(18-23)17-16(19)22)6-10-4-2-1-3-5-10/h1-5,8,12-13,15,20-21,23H,6-7,9H2,(H,17,18,22)/t12-,13?,15+/m0/s1. The molecule has 1 aromatic carbocycles. The smallest absolute Gasteiger partial charge is 0.351 e. The van der Waals surface area contributed by atoms with Gasteiger partial charge >= 0.3 is 5.69 Å². The molecule has 8 nitrogen and oxygen atoms in total. The lowest BCUT2D eigenvalue weighted by Gasteiger charge is -2.19. The van der Waals surface area contributed by atoms with Crippen molar-refractivity contribution in [3.8, 4) is 0 Å². The first kappa shape index (κ1) is 16.6. The Labute approximate surface area is 137 Å². The lowest BCUT2D eigenvalue weighted by atomic mass is 10.1. The highest BCUT2D eigenvalue weighted by molar-refractivity contribution is 5.43. The zero-order chi connectivity index (χ0) is 17.1. The summed E-state index contributed by atoms with van der Waals surface area (Å²) in [4.78, 5) is 16.0. The summed E-state index contributed by atoms with van der Waals surface area (Å²) in [6.07, 6.45) is -0.173. The van der Waals surface area contributed by atoms with Gasteiger partial charge in [0.25, 0.3) is 0 Å². The Hall–Kier alpha value is -2.26. The maximum atomic E-state index is 12.2. The summed E-state index contributed by atoms with van der Waals surface area (Å²) >= 11 is 0. The van der Waals surface area contributed by atoms with Gasteiger partial charge in [-0.05, 0) is 5.56 Å². The molecular weight excluding hydrogens is 314 g/mol. The van der Waals surface area contributed by atoms with Gasteiger partial charge in [0.15, 0.2) is 12.0 Å². The van der Waals surface area contributed by atoms with Gasteiger partial charge < -0.3 is 14.9 Å². The highest BCUT2D eigenvalue weighted by Gasteiger charge is 2.35. The average Bonchev–Trinajstić information content (AvgIpc) is 2.98. The highest BCUT2D eigenvalue weighted by Crippen LogP contribution is 2.28. The molecule has 0 saturated carbocycles. The Morgan fingerprint density at radius 2 is 2.08 bits per heavy atom. The van der Waals surface area contributed by atoms with E-state index in [4.69, 9.17) is 9.84 Å². The molecule has 3 rings (SSSR count). The number of rotatable bonds is 5. The molecule has 8 heteroatoms. The zero-order valence-corrected chi connectivity index (χ0v) is 12.9. The number of aromatic nitrogens is 2. The summed E-state index contributed by atoms with van der Waals surface area (Å²) in [5.74, 6) is 0.0614. The molecule has 1 fully saturated rings. The van der Waals surface area contributed by atoms with Crippen LogP contribution in [0.25, 0.3) is 0 Å². The van der Waals surface area contributed by atoms with E-state index in [2.05, 4.69) is 4.98 Å². The number of benzene rings is 1. The van der Waals surface area contributed by atoms with Crippen LogP contribution in [0.15, 0.2) is 41.3 Å². The maximum absolute atomic E-state index is 12.2. The summed E-state index contributed by atoms with van der Waals surface area (Å²) in [5.41, 5.74) is 2.83. The van der Waals surface area contributed by atoms with Crippen molar-refractivity contribution in [3.63, 3.8) is 0 Å². The second-order valence-corrected chi connectivity index (χ2v) is 5.71. The Morgan fingerprint density at radius 3 is 2.71 bits per heavy atom. The molecular formula is C16H19N3O5. The van der Waals surface area contributed by atoms with Gasteiger partial charge in [-0.1, -0.05) is 30.3 Å². The van der Waals surface area contributed by atoms with E-state index < -0.39 is 24.1 Å². The van der Waals surface area contributed by atoms with Gasteiger partial charge in [-0.2, -0.15) is 4.98 Å². The molecule has 1 aliphatic heterocycles. The fourth-order valence-electron chi connectivity index (χ4n) is 2.83. The van der Waals surface area contributed by atoms with Crippen molar-refractivity contribution in [2.24, 2.45) is 0 Å². The largest absolute Gasteiger partial charge is 0.394 e. The number of nitrogens with one attached hydrogen (secondary N) is 1. The van der Waals surface area contributed by atoms with E-state index >= 15 is 0 Å². The van der Waals surface area contributed by atoms with Crippen LogP contribution < -0.4 is 11.2 Å². The summed E-state index contributed by atoms with van der Waals surface area (Å²) < 4.78 is 6.70. The summed E-state index contributed by atoms with van der Waals surface area (Å²) in [6, 6.07) is 9.51. The maximum Gasteiger partial charge on any atom is 0.351 e. The number of aliphatic hydroxyl groups excluding tert-OH is 2. The summed E-state index contributed by atoms with van der Waals surface area (Å²) in [7, 11) is 0. The highest BCUT2D eigenvalue weighted by atomic mass is 16.5. The number of hydrogen-bond acceptors (Lipinski definition) is 7. The lowest BCUT2D eigenvalue weighted by molar-refractivity contribution is -0.0530. The first-order chi connectivity index (χ1) is 11.6. The van der Waals surface area contributed by atoms with Crippen LogP contribution in [-0.2, 0) is 11.2 Å². The molecule has 24 heavy (non-hydrogen) atoms. The van der Waals surface area contributed by atoms with Crippen LogP contribution in [0.4, 0.5) is 5.82 Å². The molecule has 1 aromatic heterocycles. The van der Waals surface area contributed by atoms with Gasteiger partial charge in [0.1, 0.15) is 6.10 Å². The van der Waals surface area contributed by atoms with Gasteiger partial charge in [-0.25, -0.2) is 4.79 Å². The van der Waals surface area contributed by atoms with Crippen molar-refractivity contribution in [1.29, 1.82) is 0 Å². The molecule has 128 valence electrons. The Kier molecular flexibility index (Phi) is 4.91. The minimum atomic E-state index is -0.917. The molecule has 1 aliphatic rings. The van der Waals surface area contributed by atoms with E-state index in [1.807, 2.05) is 35.8 Å². The fraction of sp³-hybridized carbons (Fsp3) is 0.375. The molecule has 0 amide bonds. The van der Waals surface area contributed by atoms with E-state index in [1.54, 1.807) is 0 Å². The molecule has 0 spiro atoms. The Morgan fingerprint density at radius 1 is 1.33 bits per heavy atom. The molecule has 1 unspecified atom stereocenters. The topological polar surface area (TPSA) is 117 Å². The van der Waals surface area contributed by atoms with Crippen molar-refractivity contribution in [3.05, 3.63) is 58.1 Å². The van der Waals surface area contributed by atoms with Crippen molar-refractivity contribution in [2.45, 2.75) is 31.3 Å². The van der Waals surface area contributed by atoms with E-state index in [-0.39, 0.29) is 18.8 Å². The van der Waals surface area contributed by atoms with E-state index in [0.29, 0.717) is 12.0 Å². The zero-order valence-electron chi connectivity index (χ0n) is 12.9. The Balaban J connectivity index is 1.96. The second kappa shape index (κ2) is 7.10. The van der Waals surface area contributed by atoms with E-state index in [1.165, 1.54) is 10.8 Å². The van der Waals surface area contributed by atoms with Gasteiger partial charge in [-0.15, -0.1) is 0 Å². The number of ether oxygens (including phenoxy) is 1. The second-order valence-electron chi connectivity index (χ2n) is 5.71. The van der Waals surface area contributed by atoms with Gasteiger partial charge in [0.05, 0.1) is 12.7 Å². The summed E-state index contributed by atoms with van der Waals surface area (Å²) in [6.45, 7) is -0.233. The number of anilines is 1. The first-order valence-corrected chi connectivity index (χ1v) is 7.63. The summed E-state index contributed by atoms with van der Waals surface area (Å²) in [5, 5.41) is 28.5. The third-order valence-corrected chi connectivity index (χ3v) is 4.01. The van der Waals surface area contributed by atoms with Crippen LogP contribution in [0.1, 0.15) is 23.8 Å². The van der Waals surface area contributed by atoms with Crippen molar-refractivity contribution < 1.29 is 20.2 Å². The van der Waals surface area contributed by atoms with Gasteiger partial charge in [-0.3, -0.25) is 15.3 Å². The monoisotopic (exact) mass is 333 g/mol. The SMILES string of the molecule is O=c1nc(NO)c(Cc2ccccc2)cn1[C@@H]1O[C@H](CO)CC1O. The van der Waals surface area contributed by atoms with Crippen LogP contribution in [0, 0.1) is 0 Å². The molecule has 4 N–H and O–H groups in total. The number of nitrogens with zero attached hydrogens (tertiary/aromatic N) is 2. The van der Waals surface area contributed by atoms with Crippen LogP contribution >= 0.6 is 0 Å². The minimum Gasteiger partial charge on any atom is -0.394 e. The Bertz CT molecular complexity index is 749. The fourth-order valence-corrected chi connectivity index (χ4v) is 2.83. The van der Waals surface area contributed by atoms with E-state index in [0.717, 1.165) is 5.56 Å². The molecule has 0 radical (unpaired) electrons. The molecule has 1 saturated heterocycles. The molecule has 0 bridgehead atoms. The molecule has 2 heterocycles. The van der Waals surface area contributed by atoms with Crippen molar-refractivity contribution in [2.75, 3.05) is 12.1 Å². The lowest BCUT2D eigenvalue weighted by Crippen LogP contribution is -2.33. The first-order valence-electron chi connectivity index (χ1n) is 7.63. The number of hydrogen-bond donors (Lipinski definition) is 4. The van der Waals surface area contributed by atoms with Gasteiger partial charge in [0.2, 0.25) is 0 Å². The third-order valence-electron chi connectivity index (χ3n) is 4.01. The average molecular weight is 333 g/mol. The predicted octanol–water partition coefficient (Wildman–Crippen LogP) is 0.276. The van der Waals surface area contributed by atoms with Crippen LogP contribution in [0.3, 0.4) is 0 Å². The van der Waals surface area contributed by atoms with Crippen LogP contribution in [0.2, 0.25) is 0 Å². The molecule has 2 aromatic rings. The quantitative estimate of drug-likeness (QED) is 0.581. The van der Waals surface area contributed by atoms with Gasteiger partial charge in [0, 0.05) is 24.6 Å². The van der Waals surface area contributed by atoms with E-state index in [9.17, 15) is 15.1 Å². The van der Waals surface area contributed by atoms with Crippen LogP contribution in [-0.4, -0.2) is 43.8 Å². The van der Waals surface area contributed by atoms with Crippen LogP contribution in [0.5, 0.6) is 0 Å². The predicted molar refractivity (Wildman–Crippen MR) is 84.8 cm³/mol. The normalized spacial score (nSPS) is 23.4. The van der Waals surface area contributed by atoms with Crippen molar-refractivity contribution in [1.82, 2.24) is 9.55 Å². The molecule has 3 atom stereocenters.